The Morgan fingerprint density at radius 2 is 1.59 bits per heavy atom. The maximum atomic E-state index is 12.8. The predicted octanol–water partition coefficient (Wildman–Crippen LogP) is 4.94. The van der Waals surface area contributed by atoms with Crippen LogP contribution in [0.3, 0.4) is 0 Å². The molecule has 2 N–H and O–H groups in total. The maximum absolute atomic E-state index is 12.8. The number of aromatic nitrogens is 1. The molecule has 2 amide bonds. The van der Waals surface area contributed by atoms with Gasteiger partial charge in [0.1, 0.15) is 17.0 Å². The highest BCUT2D eigenvalue weighted by Gasteiger charge is 2.25. The highest BCUT2D eigenvalue weighted by molar-refractivity contribution is 6.39. The fraction of sp³-hybridized carbons (Fsp3) is 0.190. The second-order valence-corrected chi connectivity index (χ2v) is 7.37. The zero-order chi connectivity index (χ0) is 21.1. The minimum absolute atomic E-state index is 0.180. The third-order valence-corrected chi connectivity index (χ3v) is 5.07. The van der Waals surface area contributed by atoms with Crippen LogP contribution in [-0.4, -0.2) is 23.5 Å². The molecule has 6 nitrogen and oxygen atoms in total. The van der Waals surface area contributed by atoms with Crippen LogP contribution in [0, 0.1) is 20.8 Å². The van der Waals surface area contributed by atoms with Gasteiger partial charge in [0.25, 0.3) is 5.91 Å². The van der Waals surface area contributed by atoms with Crippen LogP contribution >= 0.6 is 23.2 Å². The number of benzene rings is 2. The zero-order valence-electron chi connectivity index (χ0n) is 16.1. The Balaban J connectivity index is 1.77. The van der Waals surface area contributed by atoms with Crippen molar-refractivity contribution in [3.63, 3.8) is 0 Å². The molecule has 0 saturated heterocycles. The number of amides is 2. The average Bonchev–Trinajstić information content (AvgIpc) is 3.04. The molecule has 0 unspecified atom stereocenters. The lowest BCUT2D eigenvalue weighted by Crippen LogP contribution is -2.33. The summed E-state index contributed by atoms with van der Waals surface area (Å²) in [6.45, 7) is 5.20. The first kappa shape index (κ1) is 20.9. The molecule has 0 aliphatic carbocycles. The minimum Gasteiger partial charge on any atom is -0.360 e. The van der Waals surface area contributed by atoms with Crippen LogP contribution < -0.4 is 10.6 Å². The number of hydrogen-bond donors (Lipinski definition) is 2. The molecule has 0 saturated carbocycles. The van der Waals surface area contributed by atoms with Gasteiger partial charge in [0, 0.05) is 11.3 Å². The van der Waals surface area contributed by atoms with Gasteiger partial charge >= 0.3 is 0 Å². The molecule has 8 heteroatoms. The first-order valence-electron chi connectivity index (χ1n) is 8.84. The summed E-state index contributed by atoms with van der Waals surface area (Å²) < 4.78 is 5.19. The number of halogens is 2. The van der Waals surface area contributed by atoms with Crippen LogP contribution in [0.15, 0.2) is 40.9 Å². The first-order valence-corrected chi connectivity index (χ1v) is 9.60. The van der Waals surface area contributed by atoms with E-state index in [1.807, 2.05) is 32.0 Å². The lowest BCUT2D eigenvalue weighted by molar-refractivity contribution is -0.115. The molecule has 1 aromatic heterocycles. The van der Waals surface area contributed by atoms with Crippen LogP contribution in [-0.2, 0) is 4.79 Å². The summed E-state index contributed by atoms with van der Waals surface area (Å²) in [5.41, 5.74) is 3.42. The van der Waals surface area contributed by atoms with Crippen molar-refractivity contribution in [2.45, 2.75) is 20.8 Å². The van der Waals surface area contributed by atoms with Gasteiger partial charge < -0.3 is 15.2 Å². The normalized spacial score (nSPS) is 10.7. The summed E-state index contributed by atoms with van der Waals surface area (Å²) in [5, 5.41) is 10.0. The van der Waals surface area contributed by atoms with Gasteiger partial charge in [-0.3, -0.25) is 9.59 Å². The summed E-state index contributed by atoms with van der Waals surface area (Å²) in [6, 6.07) is 10.7. The minimum atomic E-state index is -0.508. The summed E-state index contributed by atoms with van der Waals surface area (Å²) in [4.78, 5) is 25.1. The largest absolute Gasteiger partial charge is 0.360 e. The number of rotatable bonds is 5. The summed E-state index contributed by atoms with van der Waals surface area (Å²) in [7, 11) is 0. The molecule has 1 heterocycles. The molecule has 3 aromatic rings. The molecule has 150 valence electrons. The zero-order valence-corrected chi connectivity index (χ0v) is 17.6. The molecule has 0 bridgehead atoms. The van der Waals surface area contributed by atoms with Crippen molar-refractivity contribution in [2.24, 2.45) is 0 Å². The predicted molar refractivity (Wildman–Crippen MR) is 114 cm³/mol. The van der Waals surface area contributed by atoms with Crippen LogP contribution in [0.1, 0.15) is 27.2 Å². The molecule has 0 aliphatic rings. The van der Waals surface area contributed by atoms with E-state index in [1.165, 1.54) is 0 Å². The van der Waals surface area contributed by atoms with Crippen molar-refractivity contribution < 1.29 is 14.1 Å². The van der Waals surface area contributed by atoms with E-state index in [4.69, 9.17) is 27.7 Å². The van der Waals surface area contributed by atoms with Gasteiger partial charge in [0.05, 0.1) is 16.6 Å². The molecule has 0 radical (unpaired) electrons. The number of carbonyl (C=O) groups is 2. The number of para-hydroxylation sites is 1. The highest BCUT2D eigenvalue weighted by Crippen LogP contribution is 2.36. The molecular weight excluding hydrogens is 413 g/mol. The molecule has 0 spiro atoms. The Labute approximate surface area is 178 Å². The van der Waals surface area contributed by atoms with Crippen molar-refractivity contribution in [2.75, 3.05) is 11.9 Å². The third kappa shape index (κ3) is 4.44. The number of hydrogen-bond acceptors (Lipinski definition) is 4. The SMILES string of the molecule is Cc1cccc(C)c1NC(=O)CNC(=O)c1c(-c2c(Cl)cccc2Cl)noc1C. The van der Waals surface area contributed by atoms with Gasteiger partial charge in [-0.25, -0.2) is 0 Å². The van der Waals surface area contributed by atoms with Crippen LogP contribution in [0.5, 0.6) is 0 Å². The number of anilines is 1. The summed E-state index contributed by atoms with van der Waals surface area (Å²) in [5.74, 6) is -0.558. The van der Waals surface area contributed by atoms with E-state index in [-0.39, 0.29) is 23.7 Å². The van der Waals surface area contributed by atoms with Gasteiger partial charge in [-0.05, 0) is 44.0 Å². The average molecular weight is 432 g/mol. The van der Waals surface area contributed by atoms with Crippen LogP contribution in [0.2, 0.25) is 10.0 Å². The quantitative estimate of drug-likeness (QED) is 0.598. The Kier molecular flexibility index (Phi) is 6.25. The second-order valence-electron chi connectivity index (χ2n) is 6.56. The summed E-state index contributed by atoms with van der Waals surface area (Å²) >= 11 is 12.5. The molecular formula is C21H19Cl2N3O3. The number of nitrogens with zero attached hydrogens (tertiary/aromatic N) is 1. The second kappa shape index (κ2) is 8.68. The maximum Gasteiger partial charge on any atom is 0.257 e. The monoisotopic (exact) mass is 431 g/mol. The fourth-order valence-electron chi connectivity index (χ4n) is 2.98. The molecule has 0 aliphatic heterocycles. The molecule has 2 aromatic carbocycles. The van der Waals surface area contributed by atoms with Crippen molar-refractivity contribution in [3.05, 3.63) is 68.9 Å². The van der Waals surface area contributed by atoms with Crippen molar-refractivity contribution in [1.29, 1.82) is 0 Å². The Hall–Kier alpha value is -2.83. The molecule has 3 rings (SSSR count). The number of aryl methyl sites for hydroxylation is 3. The molecule has 29 heavy (non-hydrogen) atoms. The van der Waals surface area contributed by atoms with E-state index in [0.29, 0.717) is 21.4 Å². The molecule has 0 atom stereocenters. The van der Waals surface area contributed by atoms with Crippen LogP contribution in [0.25, 0.3) is 11.3 Å². The van der Waals surface area contributed by atoms with E-state index in [2.05, 4.69) is 15.8 Å². The Bertz CT molecular complexity index is 1050. The topological polar surface area (TPSA) is 84.2 Å². The fourth-order valence-corrected chi connectivity index (χ4v) is 3.55. The lowest BCUT2D eigenvalue weighted by atomic mass is 10.1. The number of nitrogens with one attached hydrogen (secondary N) is 2. The van der Waals surface area contributed by atoms with E-state index < -0.39 is 5.91 Å². The third-order valence-electron chi connectivity index (χ3n) is 4.44. The van der Waals surface area contributed by atoms with Gasteiger partial charge in [-0.15, -0.1) is 0 Å². The smallest absolute Gasteiger partial charge is 0.257 e. The van der Waals surface area contributed by atoms with E-state index >= 15 is 0 Å². The van der Waals surface area contributed by atoms with E-state index in [9.17, 15) is 9.59 Å². The van der Waals surface area contributed by atoms with Crippen molar-refractivity contribution in [1.82, 2.24) is 10.5 Å². The van der Waals surface area contributed by atoms with Gasteiger partial charge in [0.15, 0.2) is 0 Å². The first-order chi connectivity index (χ1) is 13.8. The van der Waals surface area contributed by atoms with Crippen molar-refractivity contribution in [3.8, 4) is 11.3 Å². The van der Waals surface area contributed by atoms with Crippen molar-refractivity contribution >= 4 is 40.7 Å². The Morgan fingerprint density at radius 3 is 2.21 bits per heavy atom. The lowest BCUT2D eigenvalue weighted by Gasteiger charge is -2.12. The van der Waals surface area contributed by atoms with Gasteiger partial charge in [-0.2, -0.15) is 0 Å². The number of carbonyl (C=O) groups excluding carboxylic acids is 2. The molecule has 0 fully saturated rings. The van der Waals surface area contributed by atoms with Crippen LogP contribution in [0.4, 0.5) is 5.69 Å². The van der Waals surface area contributed by atoms with E-state index in [0.717, 1.165) is 16.8 Å². The highest BCUT2D eigenvalue weighted by atomic mass is 35.5. The summed E-state index contributed by atoms with van der Waals surface area (Å²) in [6.07, 6.45) is 0. The Morgan fingerprint density at radius 1 is 1.00 bits per heavy atom. The standard InChI is InChI=1S/C21H19Cl2N3O3/c1-11-6-4-7-12(2)19(11)25-16(27)10-24-21(28)17-13(3)29-26-20(17)18-14(22)8-5-9-15(18)23/h4-9H,10H2,1-3H3,(H,24,28)(H,25,27). The van der Waals surface area contributed by atoms with E-state index in [1.54, 1.807) is 25.1 Å². The van der Waals surface area contributed by atoms with Gasteiger partial charge in [0.2, 0.25) is 5.91 Å². The van der Waals surface area contributed by atoms with Gasteiger partial charge in [-0.1, -0.05) is 52.6 Å².